The zero-order chi connectivity index (χ0) is 12.4. The zero-order valence-corrected chi connectivity index (χ0v) is 11.1. The van der Waals surface area contributed by atoms with Crippen LogP contribution in [0.3, 0.4) is 0 Å². The van der Waals surface area contributed by atoms with E-state index in [4.69, 9.17) is 11.6 Å². The molecule has 0 fully saturated rings. The van der Waals surface area contributed by atoms with E-state index in [0.717, 1.165) is 5.82 Å². The SMILES string of the molecule is CC(C)n1ncnc1CC(O)c1ncc(Cl)s1. The van der Waals surface area contributed by atoms with Gasteiger partial charge in [-0.15, -0.1) is 11.3 Å². The molecule has 17 heavy (non-hydrogen) atoms. The van der Waals surface area contributed by atoms with Crippen LogP contribution in [0.4, 0.5) is 0 Å². The Morgan fingerprint density at radius 1 is 1.47 bits per heavy atom. The van der Waals surface area contributed by atoms with Crippen molar-refractivity contribution in [2.45, 2.75) is 32.4 Å². The van der Waals surface area contributed by atoms with Gasteiger partial charge < -0.3 is 5.11 Å². The number of halogens is 1. The van der Waals surface area contributed by atoms with Gasteiger partial charge in [0.15, 0.2) is 0 Å². The van der Waals surface area contributed by atoms with E-state index in [1.807, 2.05) is 13.8 Å². The average molecular weight is 273 g/mol. The third-order valence-corrected chi connectivity index (χ3v) is 3.51. The molecule has 0 amide bonds. The molecule has 5 nitrogen and oxygen atoms in total. The summed E-state index contributed by atoms with van der Waals surface area (Å²) in [4.78, 5) is 8.20. The average Bonchev–Trinajstić information content (AvgIpc) is 2.86. The van der Waals surface area contributed by atoms with Gasteiger partial charge in [-0.2, -0.15) is 5.10 Å². The quantitative estimate of drug-likeness (QED) is 0.927. The van der Waals surface area contributed by atoms with Gasteiger partial charge in [0.1, 0.15) is 27.6 Å². The lowest BCUT2D eigenvalue weighted by Crippen LogP contribution is -2.12. The number of thiazole rings is 1. The summed E-state index contributed by atoms with van der Waals surface area (Å²) in [6.07, 6.45) is 2.74. The van der Waals surface area contributed by atoms with Crippen LogP contribution in [0, 0.1) is 0 Å². The first-order chi connectivity index (χ1) is 8.08. The van der Waals surface area contributed by atoms with Crippen LogP contribution in [0.1, 0.15) is 36.8 Å². The molecule has 0 radical (unpaired) electrons. The van der Waals surface area contributed by atoms with E-state index < -0.39 is 6.10 Å². The van der Waals surface area contributed by atoms with E-state index in [9.17, 15) is 5.11 Å². The Morgan fingerprint density at radius 3 is 2.82 bits per heavy atom. The number of nitrogens with zero attached hydrogens (tertiary/aromatic N) is 4. The molecule has 1 unspecified atom stereocenters. The topological polar surface area (TPSA) is 63.8 Å². The van der Waals surface area contributed by atoms with Crippen LogP contribution < -0.4 is 0 Å². The first-order valence-corrected chi connectivity index (χ1v) is 6.45. The highest BCUT2D eigenvalue weighted by Crippen LogP contribution is 2.26. The summed E-state index contributed by atoms with van der Waals surface area (Å²) < 4.78 is 2.36. The minimum absolute atomic E-state index is 0.222. The molecule has 2 heterocycles. The van der Waals surface area contributed by atoms with Gasteiger partial charge in [-0.3, -0.25) is 0 Å². The third-order valence-electron chi connectivity index (χ3n) is 2.29. The number of hydrogen-bond donors (Lipinski definition) is 1. The van der Waals surface area contributed by atoms with Gasteiger partial charge in [-0.1, -0.05) is 11.6 Å². The first-order valence-electron chi connectivity index (χ1n) is 5.25. The van der Waals surface area contributed by atoms with E-state index in [1.54, 1.807) is 4.68 Å². The molecule has 0 aliphatic rings. The van der Waals surface area contributed by atoms with Gasteiger partial charge in [-0.05, 0) is 13.8 Å². The smallest absolute Gasteiger partial charge is 0.138 e. The summed E-state index contributed by atoms with van der Waals surface area (Å²) in [5.41, 5.74) is 0. The van der Waals surface area contributed by atoms with Crippen molar-refractivity contribution in [3.05, 3.63) is 27.7 Å². The van der Waals surface area contributed by atoms with Crippen LogP contribution >= 0.6 is 22.9 Å². The molecule has 0 aromatic carbocycles. The van der Waals surface area contributed by atoms with E-state index >= 15 is 0 Å². The highest BCUT2D eigenvalue weighted by atomic mass is 35.5. The summed E-state index contributed by atoms with van der Waals surface area (Å²) in [5.74, 6) is 0.749. The second-order valence-electron chi connectivity index (χ2n) is 3.94. The van der Waals surface area contributed by atoms with E-state index in [1.165, 1.54) is 23.9 Å². The Kier molecular flexibility index (Phi) is 3.76. The Hall–Kier alpha value is -0.980. The van der Waals surface area contributed by atoms with Crippen LogP contribution in [-0.4, -0.2) is 24.9 Å². The normalized spacial score (nSPS) is 13.2. The molecule has 2 aromatic rings. The molecule has 1 N–H and O–H groups in total. The minimum Gasteiger partial charge on any atom is -0.385 e. The largest absolute Gasteiger partial charge is 0.385 e. The highest BCUT2D eigenvalue weighted by Gasteiger charge is 2.17. The zero-order valence-electron chi connectivity index (χ0n) is 9.54. The summed E-state index contributed by atoms with van der Waals surface area (Å²) >= 11 is 7.06. The van der Waals surface area contributed by atoms with Crippen molar-refractivity contribution in [2.75, 3.05) is 0 Å². The Bertz CT molecular complexity index is 496. The third kappa shape index (κ3) is 2.83. The number of aromatic nitrogens is 4. The molecule has 7 heteroatoms. The standard InChI is InChI=1S/C10H13ClN4OS/c1-6(2)15-9(13-5-14-15)3-7(16)10-12-4-8(11)17-10/h4-7,16H,3H2,1-2H3. The molecular weight excluding hydrogens is 260 g/mol. The Balaban J connectivity index is 2.13. The molecule has 92 valence electrons. The summed E-state index contributed by atoms with van der Waals surface area (Å²) in [6.45, 7) is 4.04. The van der Waals surface area contributed by atoms with E-state index in [0.29, 0.717) is 15.8 Å². The first kappa shape index (κ1) is 12.5. The van der Waals surface area contributed by atoms with Gasteiger partial charge in [0.05, 0.1) is 6.20 Å². The van der Waals surface area contributed by atoms with Crippen LogP contribution in [0.15, 0.2) is 12.5 Å². The Labute approximate surface area is 108 Å². The second-order valence-corrected chi connectivity index (χ2v) is 5.63. The van der Waals surface area contributed by atoms with Crippen LogP contribution in [0.2, 0.25) is 4.34 Å². The van der Waals surface area contributed by atoms with Gasteiger partial charge in [0, 0.05) is 12.5 Å². The van der Waals surface area contributed by atoms with Crippen LogP contribution in [0.5, 0.6) is 0 Å². The molecule has 0 aliphatic carbocycles. The van der Waals surface area contributed by atoms with Crippen molar-refractivity contribution in [1.82, 2.24) is 19.7 Å². The lowest BCUT2D eigenvalue weighted by molar-refractivity contribution is 0.173. The second kappa shape index (κ2) is 5.12. The lowest BCUT2D eigenvalue weighted by Gasteiger charge is -2.11. The summed E-state index contributed by atoms with van der Waals surface area (Å²) in [6, 6.07) is 0.222. The van der Waals surface area contributed by atoms with Crippen molar-refractivity contribution < 1.29 is 5.11 Å². The van der Waals surface area contributed by atoms with E-state index in [2.05, 4.69) is 15.1 Å². The highest BCUT2D eigenvalue weighted by molar-refractivity contribution is 7.15. The molecule has 0 spiro atoms. The summed E-state index contributed by atoms with van der Waals surface area (Å²) in [5, 5.41) is 14.7. The fraction of sp³-hybridized carbons (Fsp3) is 0.500. The maximum atomic E-state index is 10.0. The molecule has 2 aromatic heterocycles. The van der Waals surface area contributed by atoms with Crippen molar-refractivity contribution in [3.8, 4) is 0 Å². The molecule has 0 saturated carbocycles. The van der Waals surface area contributed by atoms with Gasteiger partial charge in [0.2, 0.25) is 0 Å². The number of hydrogen-bond acceptors (Lipinski definition) is 5. The fourth-order valence-corrected chi connectivity index (χ4v) is 2.45. The molecular formula is C10H13ClN4OS. The molecule has 2 rings (SSSR count). The van der Waals surface area contributed by atoms with Crippen LogP contribution in [0.25, 0.3) is 0 Å². The fourth-order valence-electron chi connectivity index (χ4n) is 1.53. The molecule has 1 atom stereocenters. The van der Waals surface area contributed by atoms with Gasteiger partial charge >= 0.3 is 0 Å². The van der Waals surface area contributed by atoms with Gasteiger partial charge in [-0.25, -0.2) is 14.6 Å². The maximum Gasteiger partial charge on any atom is 0.138 e. The maximum absolute atomic E-state index is 10.0. The monoisotopic (exact) mass is 272 g/mol. The predicted molar refractivity (Wildman–Crippen MR) is 66.2 cm³/mol. The number of aliphatic hydroxyl groups excluding tert-OH is 1. The van der Waals surface area contributed by atoms with Crippen molar-refractivity contribution in [2.24, 2.45) is 0 Å². The molecule has 0 aliphatic heterocycles. The number of aliphatic hydroxyl groups is 1. The molecule has 0 saturated heterocycles. The van der Waals surface area contributed by atoms with Gasteiger partial charge in [0.25, 0.3) is 0 Å². The summed E-state index contributed by atoms with van der Waals surface area (Å²) in [7, 11) is 0. The number of rotatable bonds is 4. The lowest BCUT2D eigenvalue weighted by atomic mass is 10.2. The van der Waals surface area contributed by atoms with Crippen LogP contribution in [-0.2, 0) is 6.42 Å². The van der Waals surface area contributed by atoms with E-state index in [-0.39, 0.29) is 6.04 Å². The molecule has 0 bridgehead atoms. The predicted octanol–water partition coefficient (Wildman–Crippen LogP) is 2.25. The van der Waals surface area contributed by atoms with Crippen molar-refractivity contribution in [3.63, 3.8) is 0 Å². The van der Waals surface area contributed by atoms with Crippen molar-refractivity contribution >= 4 is 22.9 Å². The Morgan fingerprint density at radius 2 is 2.24 bits per heavy atom. The van der Waals surface area contributed by atoms with Crippen molar-refractivity contribution in [1.29, 1.82) is 0 Å². The minimum atomic E-state index is -0.686.